The van der Waals surface area contributed by atoms with Crippen LogP contribution in [0.3, 0.4) is 0 Å². The molecule has 2 N–H and O–H groups in total. The van der Waals surface area contributed by atoms with Gasteiger partial charge in [0.25, 0.3) is 5.91 Å². The Labute approximate surface area is 184 Å². The third-order valence-electron chi connectivity index (χ3n) is 6.71. The second-order valence-corrected chi connectivity index (χ2v) is 10.6. The first-order chi connectivity index (χ1) is 14.9. The number of benzene rings is 1. The first kappa shape index (κ1) is 22.2. The van der Waals surface area contributed by atoms with Crippen LogP contribution in [0.4, 0.5) is 0 Å². The molecule has 1 aromatic carbocycles. The van der Waals surface area contributed by atoms with Crippen LogP contribution in [0.15, 0.2) is 34.7 Å². The zero-order valence-electron chi connectivity index (χ0n) is 17.8. The minimum atomic E-state index is -3.57. The van der Waals surface area contributed by atoms with Gasteiger partial charge in [-0.2, -0.15) is 4.31 Å². The van der Waals surface area contributed by atoms with E-state index in [9.17, 15) is 13.2 Å². The molecule has 3 aliphatic rings. The maximum Gasteiger partial charge on any atom is 0.253 e. The Morgan fingerprint density at radius 1 is 1.13 bits per heavy atom. The van der Waals surface area contributed by atoms with Gasteiger partial charge in [0.1, 0.15) is 11.4 Å². The van der Waals surface area contributed by atoms with Crippen molar-refractivity contribution in [3.8, 4) is 0 Å². The maximum atomic E-state index is 12.8. The summed E-state index contributed by atoms with van der Waals surface area (Å²) < 4.78 is 27.0. The molecule has 31 heavy (non-hydrogen) atoms. The van der Waals surface area contributed by atoms with Crippen molar-refractivity contribution in [1.29, 1.82) is 0 Å². The van der Waals surface area contributed by atoms with Crippen LogP contribution in [-0.4, -0.2) is 54.8 Å². The molecule has 1 saturated heterocycles. The summed E-state index contributed by atoms with van der Waals surface area (Å²) in [5.41, 5.74) is 0.993. The largest absolute Gasteiger partial charge is 0.396 e. The summed E-state index contributed by atoms with van der Waals surface area (Å²) in [6.45, 7) is 0.665. The minimum absolute atomic E-state index is 0.0661. The third-order valence-corrected chi connectivity index (χ3v) is 8.28. The molecular weight excluding hydrogens is 414 g/mol. The van der Waals surface area contributed by atoms with Gasteiger partial charge in [0.15, 0.2) is 0 Å². The van der Waals surface area contributed by atoms with Crippen molar-refractivity contribution in [1.82, 2.24) is 9.62 Å². The molecule has 4 rings (SSSR count). The number of aliphatic imine (C=N–C) groups is 1. The quantitative estimate of drug-likeness (QED) is 0.703. The Kier molecular flexibility index (Phi) is 6.60. The molecule has 1 aliphatic carbocycles. The number of carbonyl (C=O) groups is 1. The lowest BCUT2D eigenvalue weighted by atomic mass is 9.88. The molecule has 0 radical (unpaired) electrons. The predicted molar refractivity (Wildman–Crippen MR) is 121 cm³/mol. The fourth-order valence-electron chi connectivity index (χ4n) is 4.74. The SMILES string of the molecule is O=C1NC(C2CCCCC2)=NC12CCN(S(=O)(=O)C=Cc1ccc(CCO)cc1)CC2. The van der Waals surface area contributed by atoms with E-state index in [1.165, 1.54) is 29.0 Å². The van der Waals surface area contributed by atoms with E-state index in [0.29, 0.717) is 25.2 Å². The number of aliphatic hydroxyl groups excluding tert-OH is 1. The fourth-order valence-corrected chi connectivity index (χ4v) is 5.93. The van der Waals surface area contributed by atoms with Crippen molar-refractivity contribution in [2.24, 2.45) is 10.9 Å². The van der Waals surface area contributed by atoms with Crippen molar-refractivity contribution in [2.75, 3.05) is 19.7 Å². The minimum Gasteiger partial charge on any atom is -0.396 e. The van der Waals surface area contributed by atoms with Crippen LogP contribution >= 0.6 is 0 Å². The highest BCUT2D eigenvalue weighted by Gasteiger charge is 2.48. The maximum absolute atomic E-state index is 12.8. The zero-order chi connectivity index (χ0) is 21.9. The zero-order valence-corrected chi connectivity index (χ0v) is 18.6. The molecule has 0 bridgehead atoms. The summed E-state index contributed by atoms with van der Waals surface area (Å²) in [7, 11) is -3.57. The van der Waals surface area contributed by atoms with E-state index in [4.69, 9.17) is 10.1 Å². The lowest BCUT2D eigenvalue weighted by Crippen LogP contribution is -2.50. The highest BCUT2D eigenvalue weighted by Crippen LogP contribution is 2.34. The lowest BCUT2D eigenvalue weighted by molar-refractivity contribution is -0.124. The van der Waals surface area contributed by atoms with E-state index in [1.807, 2.05) is 24.3 Å². The summed E-state index contributed by atoms with van der Waals surface area (Å²) in [4.78, 5) is 17.5. The summed E-state index contributed by atoms with van der Waals surface area (Å²) >= 11 is 0. The lowest BCUT2D eigenvalue weighted by Gasteiger charge is -2.34. The van der Waals surface area contributed by atoms with Crippen molar-refractivity contribution < 1.29 is 18.3 Å². The first-order valence-electron chi connectivity index (χ1n) is 11.2. The van der Waals surface area contributed by atoms with Crippen LogP contribution in [0, 0.1) is 5.92 Å². The number of hydrogen-bond donors (Lipinski definition) is 2. The average Bonchev–Trinajstić information content (AvgIpc) is 3.10. The van der Waals surface area contributed by atoms with Crippen LogP contribution in [0.1, 0.15) is 56.1 Å². The molecular formula is C23H31N3O4S. The Hall–Kier alpha value is -2.03. The van der Waals surface area contributed by atoms with Gasteiger partial charge in [-0.15, -0.1) is 0 Å². The molecule has 1 aromatic rings. The first-order valence-corrected chi connectivity index (χ1v) is 12.7. The third kappa shape index (κ3) is 4.91. The van der Waals surface area contributed by atoms with E-state index >= 15 is 0 Å². The number of amides is 1. The summed E-state index contributed by atoms with van der Waals surface area (Å²) in [6.07, 6.45) is 8.74. The van der Waals surface area contributed by atoms with Crippen molar-refractivity contribution in [3.05, 3.63) is 40.8 Å². The predicted octanol–water partition coefficient (Wildman–Crippen LogP) is 2.47. The van der Waals surface area contributed by atoms with Gasteiger partial charge in [0.2, 0.25) is 10.0 Å². The second kappa shape index (κ2) is 9.22. The molecule has 1 spiro atoms. The molecule has 8 heteroatoms. The van der Waals surface area contributed by atoms with Gasteiger partial charge in [0.05, 0.1) is 0 Å². The number of nitrogens with one attached hydrogen (secondary N) is 1. The van der Waals surface area contributed by atoms with Crippen LogP contribution in [-0.2, 0) is 21.2 Å². The van der Waals surface area contributed by atoms with E-state index < -0.39 is 15.6 Å². The van der Waals surface area contributed by atoms with Gasteiger partial charge in [-0.3, -0.25) is 9.79 Å². The van der Waals surface area contributed by atoms with Gasteiger partial charge in [-0.1, -0.05) is 43.5 Å². The summed E-state index contributed by atoms with van der Waals surface area (Å²) in [5.74, 6) is 1.10. The molecule has 1 amide bonds. The summed E-state index contributed by atoms with van der Waals surface area (Å²) in [5, 5.41) is 13.2. The molecule has 7 nitrogen and oxygen atoms in total. The number of hydrogen-bond acceptors (Lipinski definition) is 5. The number of piperidine rings is 1. The van der Waals surface area contributed by atoms with Crippen LogP contribution in [0.5, 0.6) is 0 Å². The molecule has 0 unspecified atom stereocenters. The van der Waals surface area contributed by atoms with E-state index in [0.717, 1.165) is 29.8 Å². The Balaban J connectivity index is 1.39. The smallest absolute Gasteiger partial charge is 0.253 e. The number of rotatable bonds is 6. The molecule has 2 aliphatic heterocycles. The average molecular weight is 446 g/mol. The van der Waals surface area contributed by atoms with Gasteiger partial charge < -0.3 is 10.4 Å². The molecule has 0 atom stereocenters. The normalized spacial score (nSPS) is 22.7. The van der Waals surface area contributed by atoms with Crippen molar-refractivity contribution >= 4 is 27.8 Å². The number of carbonyl (C=O) groups excluding carboxylic acids is 1. The van der Waals surface area contributed by atoms with Crippen molar-refractivity contribution in [3.63, 3.8) is 0 Å². The highest BCUT2D eigenvalue weighted by atomic mass is 32.2. The van der Waals surface area contributed by atoms with Gasteiger partial charge in [-0.05, 0) is 49.3 Å². The summed E-state index contributed by atoms with van der Waals surface area (Å²) in [6, 6.07) is 7.45. The number of nitrogens with zero attached hydrogens (tertiary/aromatic N) is 2. The molecule has 1 saturated carbocycles. The van der Waals surface area contributed by atoms with Gasteiger partial charge >= 0.3 is 0 Å². The van der Waals surface area contributed by atoms with E-state index in [1.54, 1.807) is 6.08 Å². The van der Waals surface area contributed by atoms with Crippen molar-refractivity contribution in [2.45, 2.75) is 56.9 Å². The van der Waals surface area contributed by atoms with Crippen LogP contribution in [0.2, 0.25) is 0 Å². The standard InChI is InChI=1S/C23H31N3O4S/c27-16-10-18-6-8-19(9-7-18)11-17-31(29,30)26-14-12-23(13-15-26)22(28)24-21(25-23)20-4-2-1-3-5-20/h6-9,11,17,20,27H,1-5,10,12-16H2,(H,24,25,28). The Bertz CT molecular complexity index is 955. The molecule has 168 valence electrons. The Morgan fingerprint density at radius 3 is 2.45 bits per heavy atom. The molecule has 2 heterocycles. The van der Waals surface area contributed by atoms with Gasteiger partial charge in [-0.25, -0.2) is 8.42 Å². The number of sulfonamides is 1. The van der Waals surface area contributed by atoms with Gasteiger partial charge in [0, 0.05) is 31.0 Å². The molecule has 2 fully saturated rings. The molecule has 0 aromatic heterocycles. The number of amidine groups is 1. The fraction of sp³-hybridized carbons (Fsp3) is 0.565. The van der Waals surface area contributed by atoms with Crippen LogP contribution in [0.25, 0.3) is 6.08 Å². The van der Waals surface area contributed by atoms with Crippen LogP contribution < -0.4 is 5.32 Å². The highest BCUT2D eigenvalue weighted by molar-refractivity contribution is 7.92. The van der Waals surface area contributed by atoms with E-state index in [-0.39, 0.29) is 25.6 Å². The second-order valence-electron chi connectivity index (χ2n) is 8.78. The topological polar surface area (TPSA) is 99.1 Å². The van der Waals surface area contributed by atoms with E-state index in [2.05, 4.69) is 5.32 Å². The number of aliphatic hydroxyl groups is 1. The Morgan fingerprint density at radius 2 is 1.81 bits per heavy atom. The monoisotopic (exact) mass is 445 g/mol.